The molecule has 0 fully saturated rings. The van der Waals surface area contributed by atoms with E-state index in [0.29, 0.717) is 12.0 Å². The Labute approximate surface area is 155 Å². The van der Waals surface area contributed by atoms with E-state index in [0.717, 1.165) is 4.90 Å². The third kappa shape index (κ3) is 5.75. The van der Waals surface area contributed by atoms with Crippen LogP contribution in [0.1, 0.15) is 68.2 Å². The molecule has 0 aromatic carbocycles. The van der Waals surface area contributed by atoms with Gasteiger partial charge in [-0.2, -0.15) is 0 Å². The van der Waals surface area contributed by atoms with Gasteiger partial charge in [-0.05, 0) is 68.2 Å². The van der Waals surface area contributed by atoms with Gasteiger partial charge in [0.25, 0.3) is 0 Å². The molecule has 0 radical (unpaired) electrons. The van der Waals surface area contributed by atoms with Crippen LogP contribution in [-0.4, -0.2) is 46.3 Å². The lowest BCUT2D eigenvalue weighted by atomic mass is 9.88. The summed E-state index contributed by atoms with van der Waals surface area (Å²) < 4.78 is 16.0. The highest BCUT2D eigenvalue weighted by atomic mass is 16.6. The minimum Gasteiger partial charge on any atom is -0.461 e. The van der Waals surface area contributed by atoms with Crippen LogP contribution in [0.4, 0.5) is 4.79 Å². The molecule has 0 spiro atoms. The molecule has 7 nitrogen and oxygen atoms in total. The molecule has 0 saturated heterocycles. The zero-order chi connectivity index (χ0) is 20.3. The summed E-state index contributed by atoms with van der Waals surface area (Å²) in [4.78, 5) is 38.7. The van der Waals surface area contributed by atoms with Gasteiger partial charge in [-0.15, -0.1) is 0 Å². The summed E-state index contributed by atoms with van der Waals surface area (Å²) in [6.07, 6.45) is 0.568. The van der Waals surface area contributed by atoms with Crippen LogP contribution < -0.4 is 0 Å². The number of carbonyl (C=O) groups excluding carboxylic acids is 3. The summed E-state index contributed by atoms with van der Waals surface area (Å²) in [6, 6.07) is 0. The van der Waals surface area contributed by atoms with Crippen LogP contribution in [0, 0.1) is 0 Å². The van der Waals surface area contributed by atoms with Crippen molar-refractivity contribution in [2.45, 2.75) is 91.6 Å². The maximum absolute atomic E-state index is 12.7. The van der Waals surface area contributed by atoms with Crippen molar-refractivity contribution in [1.82, 2.24) is 4.90 Å². The van der Waals surface area contributed by atoms with E-state index in [1.54, 1.807) is 55.4 Å². The van der Waals surface area contributed by atoms with Gasteiger partial charge in [0.05, 0.1) is 17.8 Å². The number of nitrogens with zero attached hydrogens (tertiary/aromatic N) is 1. The molecule has 1 aliphatic heterocycles. The number of hydrogen-bond acceptors (Lipinski definition) is 6. The van der Waals surface area contributed by atoms with Crippen molar-refractivity contribution >= 4 is 18.0 Å². The van der Waals surface area contributed by atoms with E-state index in [9.17, 15) is 14.4 Å². The normalized spacial score (nSPS) is 20.7. The number of rotatable bonds is 4. The summed E-state index contributed by atoms with van der Waals surface area (Å²) in [5, 5.41) is 0. The molecule has 0 aliphatic carbocycles. The number of amides is 1. The first-order chi connectivity index (χ1) is 11.8. The molecule has 0 saturated carbocycles. The van der Waals surface area contributed by atoms with Crippen LogP contribution in [0.15, 0.2) is 11.8 Å². The average molecular weight is 369 g/mol. The third-order valence-electron chi connectivity index (χ3n) is 3.68. The van der Waals surface area contributed by atoms with Gasteiger partial charge < -0.3 is 14.2 Å². The molecule has 1 unspecified atom stereocenters. The van der Waals surface area contributed by atoms with Crippen LogP contribution in [0.5, 0.6) is 0 Å². The SMILES string of the molecule is CC(C)OC(=O)C1=CN(C(=O)OC(C)(C)C)C(C)(C(=O)OC(C)C)CC1. The molecule has 1 amide bonds. The average Bonchev–Trinajstić information content (AvgIpc) is 2.44. The zero-order valence-electron chi connectivity index (χ0n) is 17.0. The fourth-order valence-electron chi connectivity index (χ4n) is 2.41. The first-order valence-corrected chi connectivity index (χ1v) is 8.91. The number of ether oxygens (including phenoxy) is 3. The Morgan fingerprint density at radius 2 is 1.62 bits per heavy atom. The van der Waals surface area contributed by atoms with Crippen LogP contribution >= 0.6 is 0 Å². The first kappa shape index (κ1) is 22.0. The molecule has 1 atom stereocenters. The van der Waals surface area contributed by atoms with Gasteiger partial charge in [0, 0.05) is 6.20 Å². The largest absolute Gasteiger partial charge is 0.461 e. The third-order valence-corrected chi connectivity index (χ3v) is 3.68. The van der Waals surface area contributed by atoms with E-state index >= 15 is 0 Å². The predicted octanol–water partition coefficient (Wildman–Crippen LogP) is 3.56. The zero-order valence-corrected chi connectivity index (χ0v) is 17.0. The van der Waals surface area contributed by atoms with E-state index in [4.69, 9.17) is 14.2 Å². The lowest BCUT2D eigenvalue weighted by Gasteiger charge is -2.41. The molecule has 0 aromatic rings. The van der Waals surface area contributed by atoms with Gasteiger partial charge in [0.2, 0.25) is 0 Å². The van der Waals surface area contributed by atoms with Crippen molar-refractivity contribution in [1.29, 1.82) is 0 Å². The van der Waals surface area contributed by atoms with Gasteiger partial charge in [0.1, 0.15) is 11.1 Å². The standard InChI is InChI=1S/C19H31NO6/c1-12(2)24-15(21)14-9-10-19(8,16(22)25-13(3)4)20(11-14)17(23)26-18(5,6)7/h11-13H,9-10H2,1-8H3. The van der Waals surface area contributed by atoms with E-state index in [-0.39, 0.29) is 18.6 Å². The first-order valence-electron chi connectivity index (χ1n) is 8.91. The molecule has 7 heteroatoms. The predicted molar refractivity (Wildman–Crippen MR) is 96.3 cm³/mol. The van der Waals surface area contributed by atoms with E-state index in [2.05, 4.69) is 0 Å². The molecule has 1 heterocycles. The van der Waals surface area contributed by atoms with Crippen molar-refractivity contribution in [3.05, 3.63) is 11.8 Å². The minimum atomic E-state index is -1.26. The lowest BCUT2D eigenvalue weighted by Crippen LogP contribution is -2.56. The van der Waals surface area contributed by atoms with Gasteiger partial charge in [0.15, 0.2) is 0 Å². The Bertz CT molecular complexity index is 587. The quantitative estimate of drug-likeness (QED) is 0.557. The molecule has 1 rings (SSSR count). The van der Waals surface area contributed by atoms with Crippen molar-refractivity contribution in [3.8, 4) is 0 Å². The topological polar surface area (TPSA) is 82.1 Å². The number of esters is 2. The monoisotopic (exact) mass is 369 g/mol. The molecular formula is C19H31NO6. The van der Waals surface area contributed by atoms with E-state index in [1.807, 2.05) is 0 Å². The van der Waals surface area contributed by atoms with Crippen molar-refractivity contribution in [2.24, 2.45) is 0 Å². The molecule has 0 aromatic heterocycles. The van der Waals surface area contributed by atoms with Gasteiger partial charge in [-0.1, -0.05) is 0 Å². The van der Waals surface area contributed by atoms with Gasteiger partial charge in [-0.3, -0.25) is 4.90 Å². The Hall–Kier alpha value is -2.05. The van der Waals surface area contributed by atoms with Crippen molar-refractivity contribution < 1.29 is 28.6 Å². The smallest absolute Gasteiger partial charge is 0.415 e. The summed E-state index contributed by atoms with van der Waals surface area (Å²) in [7, 11) is 0. The highest BCUT2D eigenvalue weighted by molar-refractivity contribution is 5.92. The van der Waals surface area contributed by atoms with E-state index < -0.39 is 29.2 Å². The van der Waals surface area contributed by atoms with Crippen molar-refractivity contribution in [2.75, 3.05) is 0 Å². The molecule has 0 N–H and O–H groups in total. The summed E-state index contributed by atoms with van der Waals surface area (Å²) in [5.74, 6) is -1.04. The van der Waals surface area contributed by atoms with Crippen molar-refractivity contribution in [3.63, 3.8) is 0 Å². The maximum Gasteiger partial charge on any atom is 0.415 e. The molecule has 1 aliphatic rings. The number of hydrogen-bond donors (Lipinski definition) is 0. The second-order valence-corrected chi connectivity index (χ2v) is 8.19. The van der Waals surface area contributed by atoms with Crippen LogP contribution in [0.3, 0.4) is 0 Å². The Morgan fingerprint density at radius 1 is 1.08 bits per heavy atom. The second-order valence-electron chi connectivity index (χ2n) is 8.19. The fourth-order valence-corrected chi connectivity index (χ4v) is 2.41. The van der Waals surface area contributed by atoms with E-state index in [1.165, 1.54) is 6.20 Å². The van der Waals surface area contributed by atoms with Crippen LogP contribution in [0.25, 0.3) is 0 Å². The highest BCUT2D eigenvalue weighted by Crippen LogP contribution is 2.33. The lowest BCUT2D eigenvalue weighted by molar-refractivity contribution is -0.161. The summed E-state index contributed by atoms with van der Waals surface area (Å²) in [5.41, 5.74) is -1.68. The number of carbonyl (C=O) groups is 3. The second kappa shape index (κ2) is 8.10. The summed E-state index contributed by atoms with van der Waals surface area (Å²) >= 11 is 0. The Morgan fingerprint density at radius 3 is 2.08 bits per heavy atom. The van der Waals surface area contributed by atoms with Gasteiger partial charge >= 0.3 is 18.0 Å². The minimum absolute atomic E-state index is 0.233. The molecule has 0 bridgehead atoms. The highest BCUT2D eigenvalue weighted by Gasteiger charge is 2.47. The fraction of sp³-hybridized carbons (Fsp3) is 0.737. The molecule has 148 valence electrons. The van der Waals surface area contributed by atoms with Crippen LogP contribution in [0.2, 0.25) is 0 Å². The molecular weight excluding hydrogens is 338 g/mol. The van der Waals surface area contributed by atoms with Gasteiger partial charge in [-0.25, -0.2) is 14.4 Å². The Kier molecular flexibility index (Phi) is 6.85. The Balaban J connectivity index is 3.23. The van der Waals surface area contributed by atoms with Crippen LogP contribution in [-0.2, 0) is 23.8 Å². The maximum atomic E-state index is 12.7. The summed E-state index contributed by atoms with van der Waals surface area (Å²) in [6.45, 7) is 13.8. The molecule has 26 heavy (non-hydrogen) atoms.